The molecular formula is C26H38N4O5S2. The van der Waals surface area contributed by atoms with Gasteiger partial charge in [-0.3, -0.25) is 0 Å². The summed E-state index contributed by atoms with van der Waals surface area (Å²) in [7, 11) is 0. The van der Waals surface area contributed by atoms with Crippen molar-refractivity contribution in [1.82, 2.24) is 10.6 Å². The highest BCUT2D eigenvalue weighted by molar-refractivity contribution is 7.98. The van der Waals surface area contributed by atoms with Crippen LogP contribution in [0.4, 0.5) is 21.0 Å². The summed E-state index contributed by atoms with van der Waals surface area (Å²) in [6, 6.07) is 15.0. The second kappa shape index (κ2) is 19.6. The Hall–Kier alpha value is -2.44. The Morgan fingerprint density at radius 3 is 1.46 bits per heavy atom. The third-order valence-electron chi connectivity index (χ3n) is 4.90. The minimum atomic E-state index is -0.224. The Labute approximate surface area is 228 Å². The molecule has 2 aromatic rings. The number of benzene rings is 2. The third kappa shape index (κ3) is 14.8. The van der Waals surface area contributed by atoms with Crippen LogP contribution in [-0.2, 0) is 14.2 Å². The van der Waals surface area contributed by atoms with Crippen LogP contribution in [0, 0.1) is 0 Å². The number of thioether (sulfide) groups is 2. The molecular weight excluding hydrogens is 512 g/mol. The lowest BCUT2D eigenvalue weighted by molar-refractivity contribution is 0.0140. The van der Waals surface area contributed by atoms with E-state index in [-0.39, 0.29) is 12.1 Å². The van der Waals surface area contributed by atoms with Crippen molar-refractivity contribution in [2.75, 3.05) is 75.9 Å². The van der Waals surface area contributed by atoms with Gasteiger partial charge in [0.1, 0.15) is 0 Å². The van der Waals surface area contributed by atoms with Crippen molar-refractivity contribution in [3.05, 3.63) is 48.5 Å². The van der Waals surface area contributed by atoms with Crippen LogP contribution in [-0.4, -0.2) is 77.3 Å². The first-order valence-electron chi connectivity index (χ1n) is 12.2. The van der Waals surface area contributed by atoms with Crippen molar-refractivity contribution in [1.29, 1.82) is 0 Å². The molecule has 4 amide bonds. The smallest absolute Gasteiger partial charge is 0.319 e. The molecule has 37 heavy (non-hydrogen) atoms. The summed E-state index contributed by atoms with van der Waals surface area (Å²) in [6.07, 6.45) is 5.43. The molecule has 0 aromatic heterocycles. The van der Waals surface area contributed by atoms with E-state index in [1.807, 2.05) is 61.0 Å². The van der Waals surface area contributed by atoms with Gasteiger partial charge < -0.3 is 35.5 Å². The summed E-state index contributed by atoms with van der Waals surface area (Å²) in [6.45, 7) is 4.12. The second-order valence-electron chi connectivity index (χ2n) is 7.77. The SMILES string of the molecule is CSc1cccc(NC(=O)NCCCOCCOCCOCCCNC(=O)Nc2cccc(SC)c2)c1. The molecule has 11 heteroatoms. The van der Waals surface area contributed by atoms with Crippen LogP contribution in [0.15, 0.2) is 58.3 Å². The zero-order valence-electron chi connectivity index (χ0n) is 21.5. The largest absolute Gasteiger partial charge is 0.379 e. The molecule has 9 nitrogen and oxygen atoms in total. The zero-order chi connectivity index (χ0) is 26.6. The van der Waals surface area contributed by atoms with Gasteiger partial charge in [0.05, 0.1) is 26.4 Å². The fourth-order valence-electron chi connectivity index (χ4n) is 3.05. The van der Waals surface area contributed by atoms with E-state index in [0.717, 1.165) is 34.0 Å². The van der Waals surface area contributed by atoms with Gasteiger partial charge in [0.2, 0.25) is 0 Å². The maximum absolute atomic E-state index is 11.9. The summed E-state index contributed by atoms with van der Waals surface area (Å²) >= 11 is 3.26. The molecule has 0 aliphatic rings. The summed E-state index contributed by atoms with van der Waals surface area (Å²) in [5, 5.41) is 11.3. The fourth-order valence-corrected chi connectivity index (χ4v) is 3.97. The number of urea groups is 2. The first-order valence-corrected chi connectivity index (χ1v) is 14.7. The molecule has 0 unspecified atom stereocenters. The van der Waals surface area contributed by atoms with Crippen LogP contribution in [0.1, 0.15) is 12.8 Å². The molecule has 2 rings (SSSR count). The molecule has 0 heterocycles. The lowest BCUT2D eigenvalue weighted by Gasteiger charge is -2.10. The van der Waals surface area contributed by atoms with Gasteiger partial charge in [-0.1, -0.05) is 12.1 Å². The first-order chi connectivity index (χ1) is 18.1. The quantitative estimate of drug-likeness (QED) is 0.154. The molecule has 0 fully saturated rings. The van der Waals surface area contributed by atoms with E-state index in [2.05, 4.69) is 21.3 Å². The molecule has 2 aromatic carbocycles. The van der Waals surface area contributed by atoms with Crippen molar-refractivity contribution in [3.8, 4) is 0 Å². The molecule has 0 bridgehead atoms. The Kier molecular flexibility index (Phi) is 16.3. The van der Waals surface area contributed by atoms with Gasteiger partial charge in [0.15, 0.2) is 0 Å². The standard InChI is InChI=1S/C26H38N4O5S2/c1-36-23-9-3-7-21(19-23)29-25(31)27-11-5-13-33-15-17-35-18-16-34-14-6-12-28-26(32)30-22-8-4-10-24(20-22)37-2/h3-4,7-10,19-20H,5-6,11-18H2,1-2H3,(H2,27,29,31)(H2,28,30,32). The molecule has 0 saturated carbocycles. The van der Waals surface area contributed by atoms with Crippen LogP contribution in [0.3, 0.4) is 0 Å². The lowest BCUT2D eigenvalue weighted by atomic mass is 10.3. The molecule has 0 spiro atoms. The summed E-state index contributed by atoms with van der Waals surface area (Å²) in [5.41, 5.74) is 1.55. The fraction of sp³-hybridized carbons (Fsp3) is 0.462. The van der Waals surface area contributed by atoms with Crippen molar-refractivity contribution >= 4 is 47.0 Å². The minimum absolute atomic E-state index is 0.224. The number of amides is 4. The highest BCUT2D eigenvalue weighted by Crippen LogP contribution is 2.19. The number of nitrogens with one attached hydrogen (secondary N) is 4. The molecule has 0 atom stereocenters. The Bertz CT molecular complexity index is 862. The molecule has 4 N–H and O–H groups in total. The van der Waals surface area contributed by atoms with E-state index in [9.17, 15) is 9.59 Å². The van der Waals surface area contributed by atoms with Crippen molar-refractivity contribution in [2.24, 2.45) is 0 Å². The number of hydrogen-bond donors (Lipinski definition) is 4. The normalized spacial score (nSPS) is 10.6. The maximum Gasteiger partial charge on any atom is 0.319 e. The molecule has 0 saturated heterocycles. The first kappa shape index (κ1) is 30.8. The monoisotopic (exact) mass is 550 g/mol. The number of carbonyl (C=O) groups excluding carboxylic acids is 2. The highest BCUT2D eigenvalue weighted by atomic mass is 32.2. The van der Waals surface area contributed by atoms with E-state index in [1.165, 1.54) is 0 Å². The lowest BCUT2D eigenvalue weighted by Crippen LogP contribution is -2.30. The number of rotatable bonds is 18. The topological polar surface area (TPSA) is 110 Å². The van der Waals surface area contributed by atoms with E-state index in [0.29, 0.717) is 52.7 Å². The molecule has 0 aliphatic heterocycles. The second-order valence-corrected chi connectivity index (χ2v) is 9.53. The van der Waals surface area contributed by atoms with Gasteiger partial charge >= 0.3 is 12.1 Å². The number of carbonyl (C=O) groups is 2. The van der Waals surface area contributed by atoms with Gasteiger partial charge in [-0.2, -0.15) is 0 Å². The predicted octanol–water partition coefficient (Wildman–Crippen LogP) is 4.90. The molecule has 204 valence electrons. The van der Waals surface area contributed by atoms with Gasteiger partial charge in [-0.25, -0.2) is 9.59 Å². The van der Waals surface area contributed by atoms with Crippen molar-refractivity contribution in [3.63, 3.8) is 0 Å². The van der Waals surface area contributed by atoms with Crippen LogP contribution in [0.5, 0.6) is 0 Å². The average Bonchev–Trinajstić information content (AvgIpc) is 2.91. The van der Waals surface area contributed by atoms with E-state index in [1.54, 1.807) is 23.5 Å². The Balaban J connectivity index is 1.33. The van der Waals surface area contributed by atoms with E-state index in [4.69, 9.17) is 14.2 Å². The van der Waals surface area contributed by atoms with Crippen molar-refractivity contribution < 1.29 is 23.8 Å². The van der Waals surface area contributed by atoms with Crippen LogP contribution in [0.2, 0.25) is 0 Å². The summed E-state index contributed by atoms with van der Waals surface area (Å²) in [5.74, 6) is 0. The zero-order valence-corrected chi connectivity index (χ0v) is 23.2. The van der Waals surface area contributed by atoms with Crippen molar-refractivity contribution in [2.45, 2.75) is 22.6 Å². The predicted molar refractivity (Wildman–Crippen MR) is 152 cm³/mol. The van der Waals surface area contributed by atoms with E-state index < -0.39 is 0 Å². The van der Waals surface area contributed by atoms with Crippen LogP contribution in [0.25, 0.3) is 0 Å². The number of ether oxygens (including phenoxy) is 3. The maximum atomic E-state index is 11.9. The summed E-state index contributed by atoms with van der Waals surface area (Å²) < 4.78 is 16.5. The highest BCUT2D eigenvalue weighted by Gasteiger charge is 2.03. The van der Waals surface area contributed by atoms with Crippen LogP contribution < -0.4 is 21.3 Å². The number of anilines is 2. The van der Waals surface area contributed by atoms with Gasteiger partial charge in [0, 0.05) is 47.5 Å². The Morgan fingerprint density at radius 1 is 0.649 bits per heavy atom. The Morgan fingerprint density at radius 2 is 1.05 bits per heavy atom. The molecule has 0 aliphatic carbocycles. The van der Waals surface area contributed by atoms with Gasteiger partial charge in [-0.05, 0) is 61.8 Å². The van der Waals surface area contributed by atoms with Gasteiger partial charge in [0.25, 0.3) is 0 Å². The number of hydrogen-bond acceptors (Lipinski definition) is 7. The molecule has 0 radical (unpaired) electrons. The van der Waals surface area contributed by atoms with Crippen LogP contribution >= 0.6 is 23.5 Å². The minimum Gasteiger partial charge on any atom is -0.379 e. The van der Waals surface area contributed by atoms with Gasteiger partial charge in [-0.15, -0.1) is 23.5 Å². The summed E-state index contributed by atoms with van der Waals surface area (Å²) in [4.78, 5) is 26.0. The average molecular weight is 551 g/mol. The third-order valence-corrected chi connectivity index (χ3v) is 6.35. The van der Waals surface area contributed by atoms with E-state index >= 15 is 0 Å².